The Morgan fingerprint density at radius 2 is 1.18 bits per heavy atom. The van der Waals surface area contributed by atoms with Gasteiger partial charge in [0.1, 0.15) is 12.6 Å². The highest BCUT2D eigenvalue weighted by Gasteiger charge is 2.30. The van der Waals surface area contributed by atoms with Crippen molar-refractivity contribution in [3.05, 3.63) is 85.1 Å². The largest absolute Gasteiger partial charge is 0.467 e. The lowest BCUT2D eigenvalue weighted by Gasteiger charge is -2.22. The Morgan fingerprint density at radius 1 is 0.682 bits per heavy atom. The highest BCUT2D eigenvalue weighted by Crippen LogP contribution is 2.03. The summed E-state index contributed by atoms with van der Waals surface area (Å²) in [5.74, 6) is -3.54. The third kappa shape index (κ3) is 23.1. The lowest BCUT2D eigenvalue weighted by atomic mass is 10.2. The van der Waals surface area contributed by atoms with E-state index in [4.69, 9.17) is 4.74 Å². The first-order chi connectivity index (χ1) is 21.2. The summed E-state index contributed by atoms with van der Waals surface area (Å²) < 4.78 is 14.2. The van der Waals surface area contributed by atoms with Crippen molar-refractivity contribution in [2.75, 3.05) is 20.8 Å². The van der Waals surface area contributed by atoms with Crippen molar-refractivity contribution in [2.45, 2.75) is 77.4 Å². The summed E-state index contributed by atoms with van der Waals surface area (Å²) >= 11 is 0. The van der Waals surface area contributed by atoms with Crippen molar-refractivity contribution in [3.63, 3.8) is 0 Å². The van der Waals surface area contributed by atoms with Crippen LogP contribution in [0.25, 0.3) is 0 Å². The smallest absolute Gasteiger partial charge is 0.332 e. The number of nitrogens with one attached hydrogen (secondary N) is 2. The Labute approximate surface area is 261 Å². The van der Waals surface area contributed by atoms with Crippen LogP contribution >= 0.6 is 0 Å². The first-order valence-corrected chi connectivity index (χ1v) is 14.8. The van der Waals surface area contributed by atoms with Crippen molar-refractivity contribution in [3.8, 4) is 0 Å². The van der Waals surface area contributed by atoms with E-state index in [0.29, 0.717) is 6.42 Å². The van der Waals surface area contributed by atoms with Gasteiger partial charge in [-0.05, 0) is 51.9 Å². The molecule has 2 amide bonds. The van der Waals surface area contributed by atoms with Crippen LogP contribution < -0.4 is 10.6 Å². The van der Waals surface area contributed by atoms with Gasteiger partial charge in [0.25, 0.3) is 0 Å². The summed E-state index contributed by atoms with van der Waals surface area (Å²) in [6.07, 6.45) is 32.2. The number of allylic oxidation sites excluding steroid dienone is 12. The Balaban J connectivity index is 4.19. The molecule has 0 aliphatic heterocycles. The molecule has 0 saturated heterocycles. The van der Waals surface area contributed by atoms with Gasteiger partial charge in [0, 0.05) is 18.6 Å². The molecule has 0 aromatic heterocycles. The molecular formula is C34H48N2O8. The second kappa shape index (κ2) is 27.4. The summed E-state index contributed by atoms with van der Waals surface area (Å²) in [7, 11) is 2.26. The lowest BCUT2D eigenvalue weighted by molar-refractivity contribution is -0.157. The highest BCUT2D eigenvalue weighted by atomic mass is 16.6. The van der Waals surface area contributed by atoms with Crippen LogP contribution in [0, 0.1) is 0 Å². The van der Waals surface area contributed by atoms with Gasteiger partial charge in [0.05, 0.1) is 14.2 Å². The average molecular weight is 613 g/mol. The van der Waals surface area contributed by atoms with E-state index in [1.165, 1.54) is 6.92 Å². The van der Waals surface area contributed by atoms with Crippen LogP contribution in [0.15, 0.2) is 85.1 Å². The molecule has 10 nitrogen and oxygen atoms in total. The van der Waals surface area contributed by atoms with Gasteiger partial charge in [-0.15, -0.1) is 0 Å². The van der Waals surface area contributed by atoms with E-state index in [9.17, 15) is 24.0 Å². The normalized spacial score (nSPS) is 13.5. The molecule has 2 N–H and O–H groups in total. The van der Waals surface area contributed by atoms with Crippen molar-refractivity contribution in [1.29, 1.82) is 0 Å². The van der Waals surface area contributed by atoms with E-state index >= 15 is 0 Å². The van der Waals surface area contributed by atoms with E-state index in [2.05, 4.69) is 87.8 Å². The molecule has 0 spiro atoms. The fraction of sp³-hybridized carbons (Fsp3) is 0.441. The monoisotopic (exact) mass is 612 g/mol. The van der Waals surface area contributed by atoms with Gasteiger partial charge in [0.15, 0.2) is 6.04 Å². The molecule has 10 heteroatoms. The second-order valence-electron chi connectivity index (χ2n) is 9.29. The van der Waals surface area contributed by atoms with Crippen LogP contribution in [0.3, 0.4) is 0 Å². The minimum absolute atomic E-state index is 0.193. The first kappa shape index (κ1) is 39.5. The van der Waals surface area contributed by atoms with Gasteiger partial charge in [-0.1, -0.05) is 79.8 Å². The molecule has 242 valence electrons. The summed E-state index contributed by atoms with van der Waals surface area (Å²) in [6.45, 7) is 3.11. The molecular weight excluding hydrogens is 564 g/mol. The summed E-state index contributed by atoms with van der Waals surface area (Å²) in [5, 5.41) is 4.76. The number of hydrogen-bond acceptors (Lipinski definition) is 8. The molecule has 2 unspecified atom stereocenters. The number of rotatable bonds is 22. The minimum atomic E-state index is -1.33. The van der Waals surface area contributed by atoms with Crippen molar-refractivity contribution in [2.24, 2.45) is 0 Å². The molecule has 0 fully saturated rings. The number of ether oxygens (including phenoxy) is 3. The molecule has 2 atom stereocenters. The zero-order valence-electron chi connectivity index (χ0n) is 26.4. The van der Waals surface area contributed by atoms with Crippen molar-refractivity contribution in [1.82, 2.24) is 10.6 Å². The molecule has 0 bridgehead atoms. The first-order valence-electron chi connectivity index (χ1n) is 14.8. The number of esters is 3. The van der Waals surface area contributed by atoms with Crippen LogP contribution in [-0.2, 0) is 38.2 Å². The second-order valence-corrected chi connectivity index (χ2v) is 9.29. The third-order valence-electron chi connectivity index (χ3n) is 5.68. The van der Waals surface area contributed by atoms with Gasteiger partial charge in [-0.25, -0.2) is 9.59 Å². The van der Waals surface area contributed by atoms with Gasteiger partial charge in [-0.2, -0.15) is 0 Å². The predicted molar refractivity (Wildman–Crippen MR) is 171 cm³/mol. The van der Waals surface area contributed by atoms with Crippen LogP contribution in [-0.4, -0.2) is 62.6 Å². The molecule has 0 rings (SSSR count). The molecule has 0 aromatic rings. The van der Waals surface area contributed by atoms with Gasteiger partial charge in [-0.3, -0.25) is 14.4 Å². The van der Waals surface area contributed by atoms with Crippen molar-refractivity contribution >= 4 is 29.7 Å². The number of carbonyl (C=O) groups excluding carboxylic acids is 5. The lowest BCUT2D eigenvalue weighted by Crippen LogP contribution is -2.50. The number of hydrogen-bond donors (Lipinski definition) is 2. The van der Waals surface area contributed by atoms with Gasteiger partial charge >= 0.3 is 17.9 Å². The fourth-order valence-corrected chi connectivity index (χ4v) is 3.34. The van der Waals surface area contributed by atoms with E-state index in [0.717, 1.165) is 64.9 Å². The van der Waals surface area contributed by atoms with E-state index < -0.39 is 42.5 Å². The SMILES string of the molecule is CC/C=C\C/C=C\C/C=C\C/C=C\C/C=C\C/C=C\CCC(=O)NCC(=O)OC(C)C(NC(=O)/C=C/C(=O)OC)C(=O)OC. The molecule has 0 aromatic carbocycles. The maximum absolute atomic E-state index is 12.2. The van der Waals surface area contributed by atoms with Gasteiger partial charge < -0.3 is 24.8 Å². The molecule has 0 radical (unpaired) electrons. The predicted octanol–water partition coefficient (Wildman–Crippen LogP) is 4.90. The highest BCUT2D eigenvalue weighted by molar-refractivity contribution is 5.96. The van der Waals surface area contributed by atoms with E-state index in [-0.39, 0.29) is 12.3 Å². The zero-order valence-corrected chi connectivity index (χ0v) is 26.4. The summed E-state index contributed by atoms with van der Waals surface area (Å²) in [5.41, 5.74) is 0. The van der Waals surface area contributed by atoms with Crippen LogP contribution in [0.1, 0.15) is 65.2 Å². The summed E-state index contributed by atoms with van der Waals surface area (Å²) in [6, 6.07) is -1.33. The third-order valence-corrected chi connectivity index (χ3v) is 5.68. The molecule has 0 aliphatic rings. The number of carbonyl (C=O) groups is 5. The maximum atomic E-state index is 12.2. The Hall–Kier alpha value is -4.47. The van der Waals surface area contributed by atoms with Crippen LogP contribution in [0.5, 0.6) is 0 Å². The summed E-state index contributed by atoms with van der Waals surface area (Å²) in [4.78, 5) is 59.3. The zero-order chi connectivity index (χ0) is 32.8. The molecule has 0 heterocycles. The number of amides is 2. The molecule has 0 aliphatic carbocycles. The molecule has 44 heavy (non-hydrogen) atoms. The Morgan fingerprint density at radius 3 is 1.66 bits per heavy atom. The maximum Gasteiger partial charge on any atom is 0.332 e. The standard InChI is InChI=1S/C34H48N2O8/c1-5-6-7-8-9-10-11-12-13-14-15-16-17-18-19-20-21-22-23-24-29(37)35-27-32(40)44-28(2)33(34(41)43-4)36-30(38)25-26-31(39)42-3/h6-7,9-10,12-13,15-16,18-19,21-22,25-26,28,33H,5,8,11,14,17,20,23-24,27H2,1-4H3,(H,35,37)(H,36,38)/b7-6-,10-9-,13-12-,16-15-,19-18-,22-21-,26-25+. The quantitative estimate of drug-likeness (QED) is 0.0763. The van der Waals surface area contributed by atoms with E-state index in [1.54, 1.807) is 0 Å². The Bertz CT molecular complexity index is 1080. The van der Waals surface area contributed by atoms with Crippen molar-refractivity contribution < 1.29 is 38.2 Å². The van der Waals surface area contributed by atoms with E-state index in [1.807, 2.05) is 12.2 Å². The van der Waals surface area contributed by atoms with Crippen LogP contribution in [0.4, 0.5) is 0 Å². The average Bonchev–Trinajstić information content (AvgIpc) is 3.01. The number of methoxy groups -OCH3 is 2. The fourth-order valence-electron chi connectivity index (χ4n) is 3.34. The van der Waals surface area contributed by atoms with Crippen LogP contribution in [0.2, 0.25) is 0 Å². The molecule has 0 saturated carbocycles. The van der Waals surface area contributed by atoms with Gasteiger partial charge in [0.2, 0.25) is 11.8 Å². The Kier molecular flexibility index (Phi) is 24.6. The topological polar surface area (TPSA) is 137 Å². The minimum Gasteiger partial charge on any atom is -0.467 e.